The molecule has 1 aromatic heterocycles. The van der Waals surface area contributed by atoms with Gasteiger partial charge in [-0.25, -0.2) is 4.98 Å². The molecule has 0 saturated heterocycles. The Kier molecular flexibility index (Phi) is 3.55. The first-order valence-corrected chi connectivity index (χ1v) is 6.52. The number of carbonyl (C=O) groups excluding carboxylic acids is 1. The van der Waals surface area contributed by atoms with Crippen molar-refractivity contribution in [2.24, 2.45) is 5.41 Å². The highest BCUT2D eigenvalue weighted by Crippen LogP contribution is 2.35. The van der Waals surface area contributed by atoms with E-state index in [1.54, 1.807) is 18.3 Å². The van der Waals surface area contributed by atoms with Crippen molar-refractivity contribution in [2.45, 2.75) is 45.6 Å². The second-order valence-corrected chi connectivity index (χ2v) is 5.70. The van der Waals surface area contributed by atoms with Gasteiger partial charge in [0.25, 0.3) is 5.91 Å². The van der Waals surface area contributed by atoms with Crippen molar-refractivity contribution < 1.29 is 4.79 Å². The molecule has 1 atom stereocenters. The number of pyridine rings is 1. The molecule has 3 N–H and O–H groups in total. The summed E-state index contributed by atoms with van der Waals surface area (Å²) in [7, 11) is 0. The van der Waals surface area contributed by atoms with Crippen molar-refractivity contribution in [2.75, 3.05) is 5.73 Å². The first-order valence-electron chi connectivity index (χ1n) is 6.52. The number of nitrogens with one attached hydrogen (secondary N) is 1. The van der Waals surface area contributed by atoms with Crippen LogP contribution in [0.2, 0.25) is 0 Å². The van der Waals surface area contributed by atoms with Crippen LogP contribution in [0.4, 0.5) is 5.69 Å². The molecule has 0 bridgehead atoms. The zero-order valence-electron chi connectivity index (χ0n) is 11.1. The van der Waals surface area contributed by atoms with Crippen LogP contribution in [-0.4, -0.2) is 16.9 Å². The van der Waals surface area contributed by atoms with Crippen LogP contribution in [0, 0.1) is 5.41 Å². The standard InChI is InChI=1S/C14H21N3O/c1-14(2)8-4-3-7-11(14)17-13(18)12-10(15)6-5-9-16-12/h5-6,9,11H,3-4,7-8,15H2,1-2H3,(H,17,18). The molecule has 18 heavy (non-hydrogen) atoms. The van der Waals surface area contributed by atoms with Gasteiger partial charge in [-0.2, -0.15) is 0 Å². The second kappa shape index (κ2) is 4.96. The van der Waals surface area contributed by atoms with Gasteiger partial charge in [0.2, 0.25) is 0 Å². The largest absolute Gasteiger partial charge is 0.397 e. The molecule has 0 spiro atoms. The molecule has 1 aliphatic rings. The van der Waals surface area contributed by atoms with Gasteiger partial charge in [-0.15, -0.1) is 0 Å². The normalized spacial score (nSPS) is 22.4. The van der Waals surface area contributed by atoms with E-state index >= 15 is 0 Å². The van der Waals surface area contributed by atoms with Crippen LogP contribution >= 0.6 is 0 Å². The summed E-state index contributed by atoms with van der Waals surface area (Å²) in [4.78, 5) is 16.2. The van der Waals surface area contributed by atoms with Gasteiger partial charge in [-0.1, -0.05) is 26.7 Å². The Bertz CT molecular complexity index is 442. The summed E-state index contributed by atoms with van der Waals surface area (Å²) < 4.78 is 0. The topological polar surface area (TPSA) is 68.0 Å². The van der Waals surface area contributed by atoms with E-state index < -0.39 is 0 Å². The average molecular weight is 247 g/mol. The van der Waals surface area contributed by atoms with Gasteiger partial charge in [0.15, 0.2) is 5.69 Å². The predicted octanol–water partition coefficient (Wildman–Crippen LogP) is 2.36. The minimum Gasteiger partial charge on any atom is -0.397 e. The number of anilines is 1. The summed E-state index contributed by atoms with van der Waals surface area (Å²) in [6.07, 6.45) is 6.19. The third-order valence-electron chi connectivity index (χ3n) is 3.87. The lowest BCUT2D eigenvalue weighted by atomic mass is 9.73. The molecule has 0 radical (unpaired) electrons. The van der Waals surface area contributed by atoms with Gasteiger partial charge in [-0.3, -0.25) is 4.79 Å². The Hall–Kier alpha value is -1.58. The summed E-state index contributed by atoms with van der Waals surface area (Å²) in [5, 5.41) is 3.08. The molecule has 1 heterocycles. The number of rotatable bonds is 2. The van der Waals surface area contributed by atoms with Crippen molar-refractivity contribution in [3.63, 3.8) is 0 Å². The molecular formula is C14H21N3O. The van der Waals surface area contributed by atoms with E-state index in [4.69, 9.17) is 5.73 Å². The van der Waals surface area contributed by atoms with E-state index in [2.05, 4.69) is 24.1 Å². The number of hydrogen-bond donors (Lipinski definition) is 2. The van der Waals surface area contributed by atoms with Crippen molar-refractivity contribution in [3.05, 3.63) is 24.0 Å². The third-order valence-corrected chi connectivity index (χ3v) is 3.87. The highest BCUT2D eigenvalue weighted by molar-refractivity contribution is 5.97. The van der Waals surface area contributed by atoms with Crippen molar-refractivity contribution in [1.82, 2.24) is 10.3 Å². The maximum atomic E-state index is 12.2. The Morgan fingerprint density at radius 3 is 2.94 bits per heavy atom. The molecule has 98 valence electrons. The van der Waals surface area contributed by atoms with Crippen LogP contribution in [0.15, 0.2) is 18.3 Å². The molecule has 2 rings (SSSR count). The van der Waals surface area contributed by atoms with Crippen molar-refractivity contribution in [3.8, 4) is 0 Å². The second-order valence-electron chi connectivity index (χ2n) is 5.70. The lowest BCUT2D eigenvalue weighted by Gasteiger charge is -2.39. The van der Waals surface area contributed by atoms with E-state index in [0.717, 1.165) is 12.8 Å². The van der Waals surface area contributed by atoms with E-state index in [-0.39, 0.29) is 17.4 Å². The molecule has 1 unspecified atom stereocenters. The minimum atomic E-state index is -0.159. The van der Waals surface area contributed by atoms with Gasteiger partial charge >= 0.3 is 0 Å². The summed E-state index contributed by atoms with van der Waals surface area (Å²) in [5.41, 5.74) is 6.69. The SMILES string of the molecule is CC1(C)CCCCC1NC(=O)c1ncccc1N. The quantitative estimate of drug-likeness (QED) is 0.843. The minimum absolute atomic E-state index is 0.150. The number of amides is 1. The van der Waals surface area contributed by atoms with Gasteiger partial charge in [0, 0.05) is 12.2 Å². The zero-order valence-corrected chi connectivity index (χ0v) is 11.1. The molecular weight excluding hydrogens is 226 g/mol. The van der Waals surface area contributed by atoms with Gasteiger partial charge in [0.05, 0.1) is 5.69 Å². The first-order chi connectivity index (χ1) is 8.50. The molecule has 1 aliphatic carbocycles. The molecule has 4 nitrogen and oxygen atoms in total. The molecule has 1 fully saturated rings. The van der Waals surface area contributed by atoms with Crippen LogP contribution in [0.1, 0.15) is 50.0 Å². The van der Waals surface area contributed by atoms with Crippen LogP contribution in [0.3, 0.4) is 0 Å². The fourth-order valence-corrected chi connectivity index (χ4v) is 2.60. The van der Waals surface area contributed by atoms with Crippen LogP contribution in [-0.2, 0) is 0 Å². The zero-order chi connectivity index (χ0) is 13.2. The molecule has 0 aliphatic heterocycles. The van der Waals surface area contributed by atoms with Crippen molar-refractivity contribution >= 4 is 11.6 Å². The van der Waals surface area contributed by atoms with Crippen LogP contribution < -0.4 is 11.1 Å². The first kappa shape index (κ1) is 12.9. The summed E-state index contributed by atoms with van der Waals surface area (Å²) in [6.45, 7) is 4.41. The molecule has 0 aromatic carbocycles. The molecule has 4 heteroatoms. The number of carbonyl (C=O) groups is 1. The van der Waals surface area contributed by atoms with E-state index in [1.165, 1.54) is 12.8 Å². The molecule has 1 saturated carbocycles. The highest BCUT2D eigenvalue weighted by atomic mass is 16.2. The van der Waals surface area contributed by atoms with Crippen LogP contribution in [0.25, 0.3) is 0 Å². The Morgan fingerprint density at radius 1 is 1.50 bits per heavy atom. The van der Waals surface area contributed by atoms with Gasteiger partial charge in [0.1, 0.15) is 0 Å². The lowest BCUT2D eigenvalue weighted by Crippen LogP contribution is -2.47. The van der Waals surface area contributed by atoms with E-state index in [9.17, 15) is 4.79 Å². The number of nitrogens with two attached hydrogens (primary N) is 1. The Morgan fingerprint density at radius 2 is 2.28 bits per heavy atom. The van der Waals surface area contributed by atoms with Gasteiger partial charge in [-0.05, 0) is 30.4 Å². The van der Waals surface area contributed by atoms with E-state index in [0.29, 0.717) is 11.4 Å². The fourth-order valence-electron chi connectivity index (χ4n) is 2.60. The number of nitrogens with zero attached hydrogens (tertiary/aromatic N) is 1. The van der Waals surface area contributed by atoms with E-state index in [1.807, 2.05) is 0 Å². The predicted molar refractivity (Wildman–Crippen MR) is 72.2 cm³/mol. The summed E-state index contributed by atoms with van der Waals surface area (Å²) in [6, 6.07) is 3.64. The molecule has 1 aromatic rings. The highest BCUT2D eigenvalue weighted by Gasteiger charge is 2.33. The monoisotopic (exact) mass is 247 g/mol. The Balaban J connectivity index is 2.10. The number of aromatic nitrogens is 1. The average Bonchev–Trinajstić information content (AvgIpc) is 2.32. The van der Waals surface area contributed by atoms with Gasteiger partial charge < -0.3 is 11.1 Å². The number of nitrogen functional groups attached to an aromatic ring is 1. The maximum absolute atomic E-state index is 12.2. The summed E-state index contributed by atoms with van der Waals surface area (Å²) in [5.74, 6) is -0.159. The summed E-state index contributed by atoms with van der Waals surface area (Å²) >= 11 is 0. The molecule has 1 amide bonds. The fraction of sp³-hybridized carbons (Fsp3) is 0.571. The maximum Gasteiger partial charge on any atom is 0.272 e. The number of hydrogen-bond acceptors (Lipinski definition) is 3. The lowest BCUT2D eigenvalue weighted by molar-refractivity contribution is 0.0849. The van der Waals surface area contributed by atoms with Crippen LogP contribution in [0.5, 0.6) is 0 Å². The third kappa shape index (κ3) is 2.63. The smallest absolute Gasteiger partial charge is 0.272 e. The Labute approximate surface area is 108 Å². The van der Waals surface area contributed by atoms with Crippen molar-refractivity contribution in [1.29, 1.82) is 0 Å².